The summed E-state index contributed by atoms with van der Waals surface area (Å²) < 4.78 is 1.67. The Hall–Kier alpha value is -2.01. The molecule has 0 amide bonds. The second-order valence-corrected chi connectivity index (χ2v) is 6.72. The normalized spacial score (nSPS) is 11.5. The molecule has 2 heterocycles. The number of rotatable bonds is 5. The molecule has 0 aliphatic carbocycles. The molecule has 3 rings (SSSR count). The number of hydrogen-bond donors (Lipinski definition) is 0. The van der Waals surface area contributed by atoms with Crippen LogP contribution in [0.1, 0.15) is 54.2 Å². The maximum atomic E-state index is 11.5. The van der Waals surface area contributed by atoms with Crippen molar-refractivity contribution in [3.8, 4) is 11.3 Å². The van der Waals surface area contributed by atoms with Crippen LogP contribution in [0.25, 0.3) is 16.2 Å². The number of aromatic nitrogens is 3. The van der Waals surface area contributed by atoms with Crippen LogP contribution in [0.5, 0.6) is 0 Å². The summed E-state index contributed by atoms with van der Waals surface area (Å²) in [4.78, 5) is 16.9. The number of aldehydes is 1. The van der Waals surface area contributed by atoms with Gasteiger partial charge in [0, 0.05) is 12.0 Å². The zero-order valence-corrected chi connectivity index (χ0v) is 13.9. The SMILES string of the molecule is CCCc1nn2c(C=O)c(-c3ccc(C(C)C)cc3)nc2s1. The van der Waals surface area contributed by atoms with Crippen molar-refractivity contribution in [2.24, 2.45) is 0 Å². The van der Waals surface area contributed by atoms with E-state index in [4.69, 9.17) is 0 Å². The number of hydrogen-bond acceptors (Lipinski definition) is 4. The van der Waals surface area contributed by atoms with Crippen molar-refractivity contribution >= 4 is 22.6 Å². The minimum atomic E-state index is 0.489. The number of aryl methyl sites for hydroxylation is 1. The molecule has 2 aromatic heterocycles. The Morgan fingerprint density at radius 3 is 2.59 bits per heavy atom. The predicted molar refractivity (Wildman–Crippen MR) is 89.8 cm³/mol. The average Bonchev–Trinajstić information content (AvgIpc) is 3.04. The molecule has 0 saturated heterocycles. The third kappa shape index (κ3) is 2.57. The van der Waals surface area contributed by atoms with Crippen LogP contribution >= 0.6 is 11.3 Å². The smallest absolute Gasteiger partial charge is 0.213 e. The number of carbonyl (C=O) groups is 1. The van der Waals surface area contributed by atoms with E-state index in [0.717, 1.165) is 34.7 Å². The van der Waals surface area contributed by atoms with E-state index in [-0.39, 0.29) is 0 Å². The van der Waals surface area contributed by atoms with Gasteiger partial charge in [0.25, 0.3) is 0 Å². The summed E-state index contributed by atoms with van der Waals surface area (Å²) in [6.07, 6.45) is 2.81. The average molecular weight is 313 g/mol. The summed E-state index contributed by atoms with van der Waals surface area (Å²) in [6.45, 7) is 6.45. The van der Waals surface area contributed by atoms with Crippen LogP contribution < -0.4 is 0 Å². The van der Waals surface area contributed by atoms with Crippen LogP contribution in [0.4, 0.5) is 0 Å². The lowest BCUT2D eigenvalue weighted by Gasteiger charge is -2.05. The van der Waals surface area contributed by atoms with Gasteiger partial charge in [-0.3, -0.25) is 4.79 Å². The molecule has 22 heavy (non-hydrogen) atoms. The van der Waals surface area contributed by atoms with E-state index in [1.165, 1.54) is 5.56 Å². The standard InChI is InChI=1S/C17H19N3OS/c1-4-5-15-19-20-14(10-21)16(18-17(20)22-15)13-8-6-12(7-9-13)11(2)3/h6-11H,4-5H2,1-3H3. The molecule has 0 saturated carbocycles. The van der Waals surface area contributed by atoms with Gasteiger partial charge in [0.1, 0.15) is 16.4 Å². The zero-order valence-electron chi connectivity index (χ0n) is 13.0. The molecule has 0 radical (unpaired) electrons. The molecule has 4 nitrogen and oxygen atoms in total. The summed E-state index contributed by atoms with van der Waals surface area (Å²) in [6, 6.07) is 8.25. The van der Waals surface area contributed by atoms with Crippen LogP contribution in [-0.4, -0.2) is 20.9 Å². The first-order valence-electron chi connectivity index (χ1n) is 7.58. The van der Waals surface area contributed by atoms with E-state index in [1.54, 1.807) is 15.9 Å². The highest BCUT2D eigenvalue weighted by atomic mass is 32.1. The molecule has 0 atom stereocenters. The molecule has 0 bridgehead atoms. The van der Waals surface area contributed by atoms with Gasteiger partial charge in [0.2, 0.25) is 4.96 Å². The van der Waals surface area contributed by atoms with Gasteiger partial charge in [-0.2, -0.15) is 9.61 Å². The second-order valence-electron chi connectivity index (χ2n) is 5.68. The highest BCUT2D eigenvalue weighted by Crippen LogP contribution is 2.27. The Kier molecular flexibility index (Phi) is 4.07. The van der Waals surface area contributed by atoms with Gasteiger partial charge in [-0.15, -0.1) is 0 Å². The van der Waals surface area contributed by atoms with Crippen molar-refractivity contribution in [2.75, 3.05) is 0 Å². The Morgan fingerprint density at radius 2 is 2.00 bits per heavy atom. The summed E-state index contributed by atoms with van der Waals surface area (Å²) >= 11 is 1.56. The first-order valence-corrected chi connectivity index (χ1v) is 8.39. The van der Waals surface area contributed by atoms with Gasteiger partial charge < -0.3 is 0 Å². The number of fused-ring (bicyclic) bond motifs is 1. The summed E-state index contributed by atoms with van der Waals surface area (Å²) in [7, 11) is 0. The van der Waals surface area contributed by atoms with Crippen molar-refractivity contribution in [2.45, 2.75) is 39.5 Å². The quantitative estimate of drug-likeness (QED) is 0.658. The Morgan fingerprint density at radius 1 is 1.27 bits per heavy atom. The van der Waals surface area contributed by atoms with Gasteiger partial charge in [-0.05, 0) is 17.9 Å². The van der Waals surface area contributed by atoms with Crippen LogP contribution in [0.2, 0.25) is 0 Å². The fraction of sp³-hybridized carbons (Fsp3) is 0.353. The van der Waals surface area contributed by atoms with E-state index < -0.39 is 0 Å². The first kappa shape index (κ1) is 14.9. The van der Waals surface area contributed by atoms with E-state index in [0.29, 0.717) is 17.3 Å². The predicted octanol–water partition coefficient (Wildman–Crippen LogP) is 4.35. The lowest BCUT2D eigenvalue weighted by molar-refractivity contribution is 0.111. The number of imidazole rings is 1. The molecule has 0 aliphatic rings. The second kappa shape index (κ2) is 6.01. The van der Waals surface area contributed by atoms with Crippen molar-refractivity contribution in [1.82, 2.24) is 14.6 Å². The lowest BCUT2D eigenvalue weighted by atomic mass is 10.0. The molecule has 1 aromatic carbocycles. The van der Waals surface area contributed by atoms with Gasteiger partial charge in [0.05, 0.1) is 0 Å². The topological polar surface area (TPSA) is 47.3 Å². The molecule has 0 spiro atoms. The number of benzene rings is 1. The van der Waals surface area contributed by atoms with Gasteiger partial charge in [-0.1, -0.05) is 56.4 Å². The molecule has 0 aliphatic heterocycles. The summed E-state index contributed by atoms with van der Waals surface area (Å²) in [5.41, 5.74) is 3.49. The van der Waals surface area contributed by atoms with E-state index in [2.05, 4.69) is 43.0 Å². The Bertz CT molecular complexity index is 799. The fourth-order valence-electron chi connectivity index (χ4n) is 2.46. The number of carbonyl (C=O) groups excluding carboxylic acids is 1. The maximum absolute atomic E-state index is 11.5. The van der Waals surface area contributed by atoms with Crippen LogP contribution in [0, 0.1) is 0 Å². The third-order valence-electron chi connectivity index (χ3n) is 3.71. The molecule has 5 heteroatoms. The highest BCUT2D eigenvalue weighted by Gasteiger charge is 2.17. The summed E-state index contributed by atoms with van der Waals surface area (Å²) in [5, 5.41) is 5.53. The van der Waals surface area contributed by atoms with Crippen LogP contribution in [0.3, 0.4) is 0 Å². The molecule has 0 unspecified atom stereocenters. The molecule has 0 fully saturated rings. The largest absolute Gasteiger partial charge is 0.296 e. The molecular formula is C17H19N3OS. The minimum absolute atomic E-state index is 0.489. The van der Waals surface area contributed by atoms with Gasteiger partial charge in [0.15, 0.2) is 6.29 Å². The third-order valence-corrected chi connectivity index (χ3v) is 4.67. The first-order chi connectivity index (χ1) is 10.6. The van der Waals surface area contributed by atoms with Gasteiger partial charge in [-0.25, -0.2) is 4.98 Å². The number of nitrogens with zero attached hydrogens (tertiary/aromatic N) is 3. The maximum Gasteiger partial charge on any atom is 0.213 e. The van der Waals surface area contributed by atoms with Crippen LogP contribution in [-0.2, 0) is 6.42 Å². The monoisotopic (exact) mass is 313 g/mol. The molecule has 114 valence electrons. The van der Waals surface area contributed by atoms with E-state index in [9.17, 15) is 4.79 Å². The lowest BCUT2D eigenvalue weighted by Crippen LogP contribution is -1.95. The van der Waals surface area contributed by atoms with Crippen molar-refractivity contribution in [3.05, 3.63) is 40.5 Å². The van der Waals surface area contributed by atoms with Gasteiger partial charge >= 0.3 is 0 Å². The summed E-state index contributed by atoms with van der Waals surface area (Å²) in [5.74, 6) is 0.489. The van der Waals surface area contributed by atoms with Crippen molar-refractivity contribution in [1.29, 1.82) is 0 Å². The highest BCUT2D eigenvalue weighted by molar-refractivity contribution is 7.16. The Balaban J connectivity index is 2.06. The molecule has 0 N–H and O–H groups in total. The Labute approximate surface area is 133 Å². The van der Waals surface area contributed by atoms with E-state index >= 15 is 0 Å². The van der Waals surface area contributed by atoms with Crippen LogP contribution in [0.15, 0.2) is 24.3 Å². The van der Waals surface area contributed by atoms with Crippen molar-refractivity contribution in [3.63, 3.8) is 0 Å². The minimum Gasteiger partial charge on any atom is -0.296 e. The van der Waals surface area contributed by atoms with E-state index in [1.807, 2.05) is 12.1 Å². The fourth-order valence-corrected chi connectivity index (χ4v) is 3.46. The zero-order chi connectivity index (χ0) is 15.7. The van der Waals surface area contributed by atoms with Crippen molar-refractivity contribution < 1.29 is 4.79 Å². The molecular weight excluding hydrogens is 294 g/mol. The molecule has 3 aromatic rings.